The number of piperazine rings is 1. The van der Waals surface area contributed by atoms with Gasteiger partial charge in [0.25, 0.3) is 0 Å². The van der Waals surface area contributed by atoms with Crippen LogP contribution in [0.25, 0.3) is 0 Å². The summed E-state index contributed by atoms with van der Waals surface area (Å²) < 4.78 is 13.7. The maximum absolute atomic E-state index is 13.7. The number of nitrogens with zero attached hydrogens (tertiary/aromatic N) is 3. The number of halogens is 1. The molecule has 0 N–H and O–H groups in total. The van der Waals surface area contributed by atoms with Gasteiger partial charge in [-0.2, -0.15) is 0 Å². The average Bonchev–Trinajstić information content (AvgIpc) is 2.64. The first-order valence-corrected chi connectivity index (χ1v) is 9.04. The summed E-state index contributed by atoms with van der Waals surface area (Å²) in [6.45, 7) is 5.95. The molecule has 2 aromatic rings. The van der Waals surface area contributed by atoms with Crippen LogP contribution in [-0.2, 0) is 11.3 Å². The highest BCUT2D eigenvalue weighted by Crippen LogP contribution is 2.18. The van der Waals surface area contributed by atoms with E-state index in [0.29, 0.717) is 18.7 Å². The SMILES string of the molecule is Cc1cccc(N2CCN(C(=O)CN(C)Cc3ccccc3F)CC2)c1. The van der Waals surface area contributed by atoms with Gasteiger partial charge in [-0.3, -0.25) is 9.69 Å². The van der Waals surface area contributed by atoms with Gasteiger partial charge in [0.15, 0.2) is 0 Å². The Labute approximate surface area is 154 Å². The molecule has 0 unspecified atom stereocenters. The molecule has 1 saturated heterocycles. The van der Waals surface area contributed by atoms with Crippen molar-refractivity contribution < 1.29 is 9.18 Å². The quantitative estimate of drug-likeness (QED) is 0.825. The summed E-state index contributed by atoms with van der Waals surface area (Å²) in [4.78, 5) is 18.6. The molecule has 138 valence electrons. The largest absolute Gasteiger partial charge is 0.368 e. The average molecular weight is 355 g/mol. The molecule has 0 saturated carbocycles. The number of rotatable bonds is 5. The molecule has 0 bridgehead atoms. The van der Waals surface area contributed by atoms with Gasteiger partial charge in [-0.25, -0.2) is 4.39 Å². The van der Waals surface area contributed by atoms with Gasteiger partial charge < -0.3 is 9.80 Å². The van der Waals surface area contributed by atoms with Crippen molar-refractivity contribution in [3.8, 4) is 0 Å². The Kier molecular flexibility index (Phi) is 5.89. The fourth-order valence-corrected chi connectivity index (χ4v) is 3.34. The van der Waals surface area contributed by atoms with E-state index in [9.17, 15) is 9.18 Å². The summed E-state index contributed by atoms with van der Waals surface area (Å²) in [7, 11) is 1.85. The predicted octanol–water partition coefficient (Wildman–Crippen LogP) is 2.91. The van der Waals surface area contributed by atoms with Crippen molar-refractivity contribution in [1.29, 1.82) is 0 Å². The van der Waals surface area contributed by atoms with Crippen molar-refractivity contribution >= 4 is 11.6 Å². The van der Waals surface area contributed by atoms with Crippen LogP contribution in [0.3, 0.4) is 0 Å². The zero-order valence-corrected chi connectivity index (χ0v) is 15.5. The first kappa shape index (κ1) is 18.4. The topological polar surface area (TPSA) is 26.8 Å². The van der Waals surface area contributed by atoms with Crippen LogP contribution in [0.5, 0.6) is 0 Å². The second-order valence-corrected chi connectivity index (χ2v) is 6.97. The number of benzene rings is 2. The number of carbonyl (C=O) groups excluding carboxylic acids is 1. The monoisotopic (exact) mass is 355 g/mol. The summed E-state index contributed by atoms with van der Waals surface area (Å²) >= 11 is 0. The molecule has 1 fully saturated rings. The third-order valence-electron chi connectivity index (χ3n) is 4.80. The lowest BCUT2D eigenvalue weighted by Crippen LogP contribution is -2.51. The smallest absolute Gasteiger partial charge is 0.236 e. The fraction of sp³-hybridized carbons (Fsp3) is 0.381. The molecule has 1 aliphatic rings. The molecule has 3 rings (SSSR count). The van der Waals surface area contributed by atoms with Crippen LogP contribution in [0.1, 0.15) is 11.1 Å². The summed E-state index contributed by atoms with van der Waals surface area (Å²) in [5.41, 5.74) is 3.08. The standard InChI is InChI=1S/C21H26FN3O/c1-17-6-5-8-19(14-17)24-10-12-25(13-11-24)21(26)16-23(2)15-18-7-3-4-9-20(18)22/h3-9,14H,10-13,15-16H2,1-2H3. The number of carbonyl (C=O) groups is 1. The molecule has 2 aromatic carbocycles. The van der Waals surface area contributed by atoms with Gasteiger partial charge in [-0.1, -0.05) is 30.3 Å². The van der Waals surface area contributed by atoms with Gasteiger partial charge in [0, 0.05) is 44.0 Å². The summed E-state index contributed by atoms with van der Waals surface area (Å²) in [5.74, 6) is -0.119. The van der Waals surface area contributed by atoms with Gasteiger partial charge in [-0.15, -0.1) is 0 Å². The zero-order valence-electron chi connectivity index (χ0n) is 15.5. The van der Waals surface area contributed by atoms with Crippen LogP contribution in [0.2, 0.25) is 0 Å². The second kappa shape index (κ2) is 8.32. The van der Waals surface area contributed by atoms with Crippen molar-refractivity contribution in [2.45, 2.75) is 13.5 Å². The van der Waals surface area contributed by atoms with Crippen molar-refractivity contribution in [3.63, 3.8) is 0 Å². The van der Waals surface area contributed by atoms with Crippen LogP contribution >= 0.6 is 0 Å². The number of aryl methyl sites for hydroxylation is 1. The Morgan fingerprint density at radius 3 is 2.50 bits per heavy atom. The molecule has 1 amide bonds. The summed E-state index contributed by atoms with van der Waals surface area (Å²) in [5, 5.41) is 0. The molecule has 0 aromatic heterocycles. The lowest BCUT2D eigenvalue weighted by molar-refractivity contribution is -0.132. The first-order valence-electron chi connectivity index (χ1n) is 9.04. The molecule has 5 heteroatoms. The van der Waals surface area contributed by atoms with Crippen LogP contribution in [0, 0.1) is 12.7 Å². The number of hydrogen-bond acceptors (Lipinski definition) is 3. The highest BCUT2D eigenvalue weighted by molar-refractivity contribution is 5.78. The molecule has 1 aliphatic heterocycles. The Hall–Kier alpha value is -2.40. The van der Waals surface area contributed by atoms with Crippen LogP contribution < -0.4 is 4.90 Å². The van der Waals surface area contributed by atoms with Crippen molar-refractivity contribution in [3.05, 3.63) is 65.5 Å². The van der Waals surface area contributed by atoms with Gasteiger partial charge in [0.05, 0.1) is 6.54 Å². The van der Waals surface area contributed by atoms with Crippen molar-refractivity contribution in [2.75, 3.05) is 44.7 Å². The van der Waals surface area contributed by atoms with Gasteiger partial charge in [0.2, 0.25) is 5.91 Å². The first-order chi connectivity index (χ1) is 12.5. The van der Waals surface area contributed by atoms with E-state index in [1.807, 2.05) is 22.9 Å². The van der Waals surface area contributed by atoms with E-state index in [0.717, 1.165) is 26.2 Å². The molecule has 0 atom stereocenters. The third-order valence-corrected chi connectivity index (χ3v) is 4.80. The number of hydrogen-bond donors (Lipinski definition) is 0. The molecule has 26 heavy (non-hydrogen) atoms. The lowest BCUT2D eigenvalue weighted by Gasteiger charge is -2.37. The Bertz CT molecular complexity index is 756. The predicted molar refractivity (Wildman–Crippen MR) is 103 cm³/mol. The maximum atomic E-state index is 13.7. The second-order valence-electron chi connectivity index (χ2n) is 6.97. The molecule has 0 aliphatic carbocycles. The van der Waals surface area contributed by atoms with Crippen LogP contribution in [0.4, 0.5) is 10.1 Å². The van der Waals surface area contributed by atoms with E-state index >= 15 is 0 Å². The zero-order chi connectivity index (χ0) is 18.5. The molecule has 4 nitrogen and oxygen atoms in total. The Morgan fingerprint density at radius 1 is 1.08 bits per heavy atom. The number of likely N-dealkylation sites (N-methyl/N-ethyl adjacent to an activating group) is 1. The Morgan fingerprint density at radius 2 is 1.81 bits per heavy atom. The van der Waals surface area contributed by atoms with Gasteiger partial charge >= 0.3 is 0 Å². The third kappa shape index (κ3) is 4.61. The minimum absolute atomic E-state index is 0.104. The highest BCUT2D eigenvalue weighted by atomic mass is 19.1. The van der Waals surface area contributed by atoms with Crippen LogP contribution in [0.15, 0.2) is 48.5 Å². The van der Waals surface area contributed by atoms with E-state index in [1.165, 1.54) is 17.3 Å². The maximum Gasteiger partial charge on any atom is 0.236 e. The Balaban J connectivity index is 1.50. The minimum atomic E-state index is -0.224. The van der Waals surface area contributed by atoms with E-state index in [2.05, 4.69) is 36.1 Å². The fourth-order valence-electron chi connectivity index (χ4n) is 3.34. The van der Waals surface area contributed by atoms with E-state index in [-0.39, 0.29) is 11.7 Å². The lowest BCUT2D eigenvalue weighted by atomic mass is 10.2. The normalized spacial score (nSPS) is 14.8. The highest BCUT2D eigenvalue weighted by Gasteiger charge is 2.22. The van der Waals surface area contributed by atoms with Gasteiger partial charge in [0.1, 0.15) is 5.82 Å². The summed E-state index contributed by atoms with van der Waals surface area (Å²) in [6.07, 6.45) is 0. The van der Waals surface area contributed by atoms with Crippen molar-refractivity contribution in [2.24, 2.45) is 0 Å². The van der Waals surface area contributed by atoms with Crippen LogP contribution in [-0.4, -0.2) is 55.5 Å². The summed E-state index contributed by atoms with van der Waals surface area (Å²) in [6, 6.07) is 15.2. The van der Waals surface area contributed by atoms with E-state index in [4.69, 9.17) is 0 Å². The van der Waals surface area contributed by atoms with E-state index in [1.54, 1.807) is 12.1 Å². The number of amides is 1. The number of anilines is 1. The minimum Gasteiger partial charge on any atom is -0.368 e. The molecule has 1 heterocycles. The molecule has 0 spiro atoms. The van der Waals surface area contributed by atoms with Gasteiger partial charge in [-0.05, 0) is 37.7 Å². The van der Waals surface area contributed by atoms with E-state index < -0.39 is 0 Å². The molecule has 0 radical (unpaired) electrons. The van der Waals surface area contributed by atoms with Crippen molar-refractivity contribution in [1.82, 2.24) is 9.80 Å². The molecular weight excluding hydrogens is 329 g/mol. The molecular formula is C21H26FN3O.